The normalized spacial score (nSPS) is 21.7. The Labute approximate surface area is 117 Å². The monoisotopic (exact) mass is 261 g/mol. The van der Waals surface area contributed by atoms with Gasteiger partial charge in [-0.1, -0.05) is 32.9 Å². The van der Waals surface area contributed by atoms with Crippen LogP contribution in [0.25, 0.3) is 0 Å². The molecule has 0 heterocycles. The van der Waals surface area contributed by atoms with Crippen molar-refractivity contribution in [1.82, 2.24) is 5.32 Å². The van der Waals surface area contributed by atoms with Crippen molar-refractivity contribution < 1.29 is 4.74 Å². The molecule has 106 valence electrons. The lowest BCUT2D eigenvalue weighted by molar-refractivity contribution is 0.289. The van der Waals surface area contributed by atoms with E-state index in [2.05, 4.69) is 50.4 Å². The average Bonchev–Trinajstić information content (AvgIpc) is 3.07. The predicted molar refractivity (Wildman–Crippen MR) is 80.4 cm³/mol. The molecule has 1 fully saturated rings. The lowest BCUT2D eigenvalue weighted by Gasteiger charge is -2.09. The van der Waals surface area contributed by atoms with Gasteiger partial charge < -0.3 is 10.1 Å². The summed E-state index contributed by atoms with van der Waals surface area (Å²) in [6.45, 7) is 9.71. The van der Waals surface area contributed by atoms with Gasteiger partial charge >= 0.3 is 0 Å². The summed E-state index contributed by atoms with van der Waals surface area (Å²) in [7, 11) is 0. The van der Waals surface area contributed by atoms with Gasteiger partial charge in [-0.05, 0) is 54.8 Å². The summed E-state index contributed by atoms with van der Waals surface area (Å²) >= 11 is 0. The third kappa shape index (κ3) is 5.23. The molecule has 1 aliphatic rings. The van der Waals surface area contributed by atoms with Crippen molar-refractivity contribution in [3.05, 3.63) is 29.8 Å². The van der Waals surface area contributed by atoms with Crippen LogP contribution in [-0.4, -0.2) is 13.2 Å². The number of nitrogens with one attached hydrogen (secondary N) is 1. The van der Waals surface area contributed by atoms with E-state index < -0.39 is 0 Å². The van der Waals surface area contributed by atoms with Gasteiger partial charge in [-0.25, -0.2) is 0 Å². The van der Waals surface area contributed by atoms with Crippen LogP contribution in [0.5, 0.6) is 5.75 Å². The Morgan fingerprint density at radius 3 is 2.53 bits per heavy atom. The largest absolute Gasteiger partial charge is 0.494 e. The minimum Gasteiger partial charge on any atom is -0.494 e. The first-order chi connectivity index (χ1) is 9.15. The molecule has 1 N–H and O–H groups in total. The van der Waals surface area contributed by atoms with Crippen LogP contribution in [0.15, 0.2) is 24.3 Å². The molecule has 0 saturated heterocycles. The fourth-order valence-corrected chi connectivity index (χ4v) is 2.20. The summed E-state index contributed by atoms with van der Waals surface area (Å²) in [5.41, 5.74) is 1.34. The smallest absolute Gasteiger partial charge is 0.119 e. The molecule has 2 heteroatoms. The van der Waals surface area contributed by atoms with Crippen LogP contribution in [0, 0.1) is 17.8 Å². The van der Waals surface area contributed by atoms with Gasteiger partial charge in [0.25, 0.3) is 0 Å². The molecular weight excluding hydrogens is 234 g/mol. The number of ether oxygens (including phenoxy) is 1. The zero-order chi connectivity index (χ0) is 13.7. The third-order valence-corrected chi connectivity index (χ3v) is 3.90. The minimum absolute atomic E-state index is 0.702. The summed E-state index contributed by atoms with van der Waals surface area (Å²) in [5.74, 6) is 3.54. The second-order valence-electron chi connectivity index (χ2n) is 6.28. The van der Waals surface area contributed by atoms with Crippen LogP contribution in [0.4, 0.5) is 0 Å². The van der Waals surface area contributed by atoms with Crippen molar-refractivity contribution in [1.29, 1.82) is 0 Å². The molecule has 1 aliphatic carbocycles. The molecule has 0 amide bonds. The van der Waals surface area contributed by atoms with Crippen LogP contribution in [0.1, 0.15) is 39.2 Å². The van der Waals surface area contributed by atoms with E-state index in [1.54, 1.807) is 0 Å². The summed E-state index contributed by atoms with van der Waals surface area (Å²) in [6, 6.07) is 8.48. The second kappa shape index (κ2) is 6.95. The molecule has 2 atom stereocenters. The average molecular weight is 261 g/mol. The Balaban J connectivity index is 1.65. The summed E-state index contributed by atoms with van der Waals surface area (Å²) in [6.07, 6.45) is 2.51. The van der Waals surface area contributed by atoms with Crippen molar-refractivity contribution in [3.63, 3.8) is 0 Å². The van der Waals surface area contributed by atoms with Crippen LogP contribution in [0.2, 0.25) is 0 Å². The SMILES string of the molecule is CC(C)CCOc1ccc(CNCC2CC2C)cc1. The van der Waals surface area contributed by atoms with Gasteiger partial charge in [0.15, 0.2) is 0 Å². The van der Waals surface area contributed by atoms with Gasteiger partial charge in [0, 0.05) is 6.54 Å². The van der Waals surface area contributed by atoms with Crippen LogP contribution < -0.4 is 10.1 Å². The molecule has 0 radical (unpaired) electrons. The van der Waals surface area contributed by atoms with E-state index >= 15 is 0 Å². The Bertz CT molecular complexity index is 371. The van der Waals surface area contributed by atoms with E-state index in [4.69, 9.17) is 4.74 Å². The lowest BCUT2D eigenvalue weighted by Crippen LogP contribution is -2.16. The Kier molecular flexibility index (Phi) is 5.26. The maximum atomic E-state index is 5.72. The zero-order valence-corrected chi connectivity index (χ0v) is 12.5. The van der Waals surface area contributed by atoms with Gasteiger partial charge in [0.1, 0.15) is 5.75 Å². The fraction of sp³-hybridized carbons (Fsp3) is 0.647. The van der Waals surface area contributed by atoms with Crippen LogP contribution >= 0.6 is 0 Å². The highest BCUT2D eigenvalue weighted by Crippen LogP contribution is 2.36. The van der Waals surface area contributed by atoms with E-state index in [-0.39, 0.29) is 0 Å². The van der Waals surface area contributed by atoms with Crippen molar-refractivity contribution in [2.45, 2.75) is 40.2 Å². The van der Waals surface area contributed by atoms with Gasteiger partial charge in [-0.2, -0.15) is 0 Å². The first-order valence-electron chi connectivity index (χ1n) is 7.57. The number of hydrogen-bond donors (Lipinski definition) is 1. The summed E-state index contributed by atoms with van der Waals surface area (Å²) < 4.78 is 5.72. The van der Waals surface area contributed by atoms with Gasteiger partial charge in [-0.15, -0.1) is 0 Å². The predicted octanol–water partition coefficient (Wildman–Crippen LogP) is 3.86. The van der Waals surface area contributed by atoms with E-state index in [0.717, 1.165) is 43.7 Å². The molecule has 1 aromatic rings. The van der Waals surface area contributed by atoms with E-state index in [1.165, 1.54) is 12.0 Å². The van der Waals surface area contributed by atoms with Gasteiger partial charge in [0.2, 0.25) is 0 Å². The summed E-state index contributed by atoms with van der Waals surface area (Å²) in [4.78, 5) is 0. The van der Waals surface area contributed by atoms with E-state index in [9.17, 15) is 0 Å². The standard InChI is InChI=1S/C17H27NO/c1-13(2)8-9-19-17-6-4-15(5-7-17)11-18-12-16-10-14(16)3/h4-7,13-14,16,18H,8-12H2,1-3H3. The molecule has 2 rings (SSSR count). The molecule has 2 nitrogen and oxygen atoms in total. The van der Waals surface area contributed by atoms with Crippen molar-refractivity contribution in [2.24, 2.45) is 17.8 Å². The second-order valence-corrected chi connectivity index (χ2v) is 6.28. The molecule has 19 heavy (non-hydrogen) atoms. The van der Waals surface area contributed by atoms with Crippen molar-refractivity contribution in [3.8, 4) is 5.75 Å². The topological polar surface area (TPSA) is 21.3 Å². The Morgan fingerprint density at radius 2 is 1.95 bits per heavy atom. The van der Waals surface area contributed by atoms with Crippen molar-refractivity contribution >= 4 is 0 Å². The van der Waals surface area contributed by atoms with Crippen LogP contribution in [-0.2, 0) is 6.54 Å². The fourth-order valence-electron chi connectivity index (χ4n) is 2.20. The van der Waals surface area contributed by atoms with Gasteiger partial charge in [0.05, 0.1) is 6.61 Å². The molecule has 1 saturated carbocycles. The number of rotatable bonds is 8. The molecule has 1 aromatic carbocycles. The first-order valence-corrected chi connectivity index (χ1v) is 7.57. The van der Waals surface area contributed by atoms with Crippen molar-refractivity contribution in [2.75, 3.05) is 13.2 Å². The minimum atomic E-state index is 0.702. The molecule has 2 unspecified atom stereocenters. The number of benzene rings is 1. The van der Waals surface area contributed by atoms with E-state index in [1.807, 2.05) is 0 Å². The molecule has 0 spiro atoms. The molecule has 0 aliphatic heterocycles. The molecular formula is C17H27NO. The maximum Gasteiger partial charge on any atom is 0.119 e. The highest BCUT2D eigenvalue weighted by atomic mass is 16.5. The molecule has 0 aromatic heterocycles. The first kappa shape index (κ1) is 14.4. The Hall–Kier alpha value is -1.02. The quantitative estimate of drug-likeness (QED) is 0.767. The maximum absolute atomic E-state index is 5.72. The highest BCUT2D eigenvalue weighted by molar-refractivity contribution is 5.27. The van der Waals surface area contributed by atoms with Gasteiger partial charge in [-0.3, -0.25) is 0 Å². The highest BCUT2D eigenvalue weighted by Gasteiger charge is 2.31. The summed E-state index contributed by atoms with van der Waals surface area (Å²) in [5, 5.41) is 3.53. The third-order valence-electron chi connectivity index (χ3n) is 3.90. The van der Waals surface area contributed by atoms with E-state index in [0.29, 0.717) is 5.92 Å². The lowest BCUT2D eigenvalue weighted by atomic mass is 10.1. The number of hydrogen-bond acceptors (Lipinski definition) is 2. The molecule has 0 bridgehead atoms. The Morgan fingerprint density at radius 1 is 1.26 bits per heavy atom. The van der Waals surface area contributed by atoms with Crippen LogP contribution in [0.3, 0.4) is 0 Å². The zero-order valence-electron chi connectivity index (χ0n) is 12.5.